The van der Waals surface area contributed by atoms with Crippen molar-refractivity contribution >= 4 is 11.3 Å². The van der Waals surface area contributed by atoms with Crippen LogP contribution in [-0.4, -0.2) is 22.2 Å². The summed E-state index contributed by atoms with van der Waals surface area (Å²) >= 11 is 1.63. The minimum atomic E-state index is -0.644. The molecule has 0 saturated heterocycles. The Bertz CT molecular complexity index is 579. The fourth-order valence-corrected chi connectivity index (χ4v) is 2.53. The van der Waals surface area contributed by atoms with Crippen molar-refractivity contribution in [3.63, 3.8) is 0 Å². The summed E-state index contributed by atoms with van der Waals surface area (Å²) in [6.07, 6.45) is 0.739. The number of aromatic nitrogens is 1. The highest BCUT2D eigenvalue weighted by Crippen LogP contribution is 2.15. The number of hydrogen-bond acceptors (Lipinski definition) is 5. The number of ether oxygens (including phenoxy) is 1. The summed E-state index contributed by atoms with van der Waals surface area (Å²) in [5.74, 6) is 0.843. The highest BCUT2D eigenvalue weighted by Gasteiger charge is 2.16. The molecule has 2 aromatic rings. The second-order valence-electron chi connectivity index (χ2n) is 5.74. The molecule has 0 unspecified atom stereocenters. The third kappa shape index (κ3) is 5.40. The monoisotopic (exact) mass is 320 g/mol. The van der Waals surface area contributed by atoms with Gasteiger partial charge >= 0.3 is 0 Å². The van der Waals surface area contributed by atoms with Crippen LogP contribution in [0.5, 0.6) is 5.75 Å². The van der Waals surface area contributed by atoms with E-state index in [1.807, 2.05) is 50.4 Å². The second kappa shape index (κ2) is 7.72. The zero-order valence-corrected chi connectivity index (χ0v) is 14.2. The molecule has 1 aromatic heterocycles. The summed E-state index contributed by atoms with van der Waals surface area (Å²) in [7, 11) is 0. The van der Waals surface area contributed by atoms with Gasteiger partial charge in [0.1, 0.15) is 12.4 Å². The molecular formula is C17H24N2O2S. The molecule has 0 fully saturated rings. The van der Waals surface area contributed by atoms with Gasteiger partial charge in [-0.05, 0) is 38.0 Å². The number of aryl methyl sites for hydroxylation is 1. The molecule has 1 aromatic carbocycles. The van der Waals surface area contributed by atoms with Crippen LogP contribution in [-0.2, 0) is 13.2 Å². The van der Waals surface area contributed by atoms with E-state index >= 15 is 0 Å². The van der Waals surface area contributed by atoms with Gasteiger partial charge in [0.2, 0.25) is 0 Å². The number of nitrogens with zero attached hydrogens (tertiary/aromatic N) is 1. The Labute approximate surface area is 136 Å². The van der Waals surface area contributed by atoms with Crippen LogP contribution in [0.25, 0.3) is 0 Å². The number of nitrogens with one attached hydrogen (secondary N) is 1. The molecule has 2 N–H and O–H groups in total. The van der Waals surface area contributed by atoms with Crippen molar-refractivity contribution in [2.24, 2.45) is 0 Å². The molecule has 120 valence electrons. The zero-order valence-electron chi connectivity index (χ0n) is 13.4. The molecule has 0 aliphatic rings. The molecule has 2 rings (SSSR count). The maximum Gasteiger partial charge on any atom is 0.131 e. The summed E-state index contributed by atoms with van der Waals surface area (Å²) in [5, 5.41) is 16.3. The summed E-state index contributed by atoms with van der Waals surface area (Å²) < 4.78 is 5.72. The molecule has 22 heavy (non-hydrogen) atoms. The highest BCUT2D eigenvalue weighted by molar-refractivity contribution is 7.09. The first kappa shape index (κ1) is 16.9. The minimum Gasteiger partial charge on any atom is -0.487 e. The Morgan fingerprint density at radius 3 is 2.64 bits per heavy atom. The van der Waals surface area contributed by atoms with E-state index in [1.54, 1.807) is 11.3 Å². The Morgan fingerprint density at radius 2 is 2.05 bits per heavy atom. The fraction of sp³-hybridized carbons (Fsp3) is 0.471. The van der Waals surface area contributed by atoms with Crippen molar-refractivity contribution in [2.45, 2.75) is 45.9 Å². The van der Waals surface area contributed by atoms with E-state index in [-0.39, 0.29) is 0 Å². The standard InChI is InChI=1S/C17H24N2O2S/c1-4-17(3,20)12-18-9-14-5-7-16(8-6-14)21-10-15-11-22-13(2)19-15/h5-8,11,18,20H,4,9-10,12H2,1-3H3/t17-/m1/s1. The van der Waals surface area contributed by atoms with Gasteiger partial charge in [-0.1, -0.05) is 19.1 Å². The van der Waals surface area contributed by atoms with Crippen LogP contribution in [0, 0.1) is 6.92 Å². The van der Waals surface area contributed by atoms with Gasteiger partial charge in [0.15, 0.2) is 0 Å². The third-order valence-electron chi connectivity index (χ3n) is 3.57. The van der Waals surface area contributed by atoms with Crippen LogP contribution in [0.1, 0.15) is 36.5 Å². The van der Waals surface area contributed by atoms with E-state index in [0.29, 0.717) is 13.2 Å². The van der Waals surface area contributed by atoms with Gasteiger partial charge in [-0.15, -0.1) is 11.3 Å². The largest absolute Gasteiger partial charge is 0.487 e. The number of benzene rings is 1. The molecular weight excluding hydrogens is 296 g/mol. The first-order chi connectivity index (χ1) is 10.5. The van der Waals surface area contributed by atoms with E-state index < -0.39 is 5.60 Å². The molecule has 0 spiro atoms. The predicted octanol–water partition coefficient (Wildman–Crippen LogP) is 3.28. The van der Waals surface area contributed by atoms with Gasteiger partial charge in [-0.2, -0.15) is 0 Å². The zero-order chi connectivity index (χ0) is 16.0. The van der Waals surface area contributed by atoms with Crippen molar-refractivity contribution in [1.29, 1.82) is 0 Å². The lowest BCUT2D eigenvalue weighted by Gasteiger charge is -2.21. The van der Waals surface area contributed by atoms with Crippen molar-refractivity contribution in [2.75, 3.05) is 6.54 Å². The molecule has 4 nitrogen and oxygen atoms in total. The summed E-state index contributed by atoms with van der Waals surface area (Å²) in [6, 6.07) is 8.01. The summed E-state index contributed by atoms with van der Waals surface area (Å²) in [5.41, 5.74) is 1.49. The normalized spacial score (nSPS) is 13.8. The van der Waals surface area contributed by atoms with Crippen molar-refractivity contribution < 1.29 is 9.84 Å². The smallest absolute Gasteiger partial charge is 0.131 e. The van der Waals surface area contributed by atoms with Crippen molar-refractivity contribution in [3.8, 4) is 5.75 Å². The topological polar surface area (TPSA) is 54.4 Å². The van der Waals surface area contributed by atoms with Crippen LogP contribution in [0.15, 0.2) is 29.6 Å². The van der Waals surface area contributed by atoms with Gasteiger partial charge in [0.05, 0.1) is 16.3 Å². The van der Waals surface area contributed by atoms with Gasteiger partial charge in [0.25, 0.3) is 0 Å². The van der Waals surface area contributed by atoms with Crippen LogP contribution in [0.4, 0.5) is 0 Å². The predicted molar refractivity (Wildman–Crippen MR) is 90.2 cm³/mol. The maximum atomic E-state index is 9.94. The van der Waals surface area contributed by atoms with Gasteiger partial charge in [0, 0.05) is 18.5 Å². The Hall–Kier alpha value is -1.43. The first-order valence-electron chi connectivity index (χ1n) is 7.54. The molecule has 0 aliphatic carbocycles. The SMILES string of the molecule is CC[C@@](C)(O)CNCc1ccc(OCc2csc(C)n2)cc1. The van der Waals surface area contributed by atoms with Crippen LogP contribution in [0.3, 0.4) is 0 Å². The average Bonchev–Trinajstić information content (AvgIpc) is 2.92. The molecule has 0 aliphatic heterocycles. The van der Waals surface area contributed by atoms with E-state index in [1.165, 1.54) is 5.56 Å². The number of aliphatic hydroxyl groups is 1. The van der Waals surface area contributed by atoms with Gasteiger partial charge in [-0.3, -0.25) is 0 Å². The van der Waals surface area contributed by atoms with E-state index in [2.05, 4.69) is 10.3 Å². The average molecular weight is 320 g/mol. The minimum absolute atomic E-state index is 0.501. The van der Waals surface area contributed by atoms with Gasteiger partial charge < -0.3 is 15.2 Å². The van der Waals surface area contributed by atoms with E-state index in [4.69, 9.17) is 4.74 Å². The number of rotatable bonds is 8. The Kier molecular flexibility index (Phi) is 5.94. The molecule has 0 amide bonds. The lowest BCUT2D eigenvalue weighted by Crippen LogP contribution is -2.36. The number of thiazole rings is 1. The quantitative estimate of drug-likeness (QED) is 0.784. The Morgan fingerprint density at radius 1 is 1.32 bits per heavy atom. The molecule has 0 bridgehead atoms. The van der Waals surface area contributed by atoms with Crippen LogP contribution < -0.4 is 10.1 Å². The molecule has 1 atom stereocenters. The second-order valence-corrected chi connectivity index (χ2v) is 6.81. The first-order valence-corrected chi connectivity index (χ1v) is 8.42. The van der Waals surface area contributed by atoms with Gasteiger partial charge in [-0.25, -0.2) is 4.98 Å². The van der Waals surface area contributed by atoms with E-state index in [9.17, 15) is 5.11 Å². The Balaban J connectivity index is 1.77. The summed E-state index contributed by atoms with van der Waals surface area (Å²) in [6.45, 7) is 7.65. The number of hydrogen-bond donors (Lipinski definition) is 2. The summed E-state index contributed by atoms with van der Waals surface area (Å²) in [4.78, 5) is 4.37. The maximum absolute atomic E-state index is 9.94. The van der Waals surface area contributed by atoms with Crippen LogP contribution >= 0.6 is 11.3 Å². The molecule has 0 saturated carbocycles. The van der Waals surface area contributed by atoms with Crippen molar-refractivity contribution in [3.05, 3.63) is 45.9 Å². The van der Waals surface area contributed by atoms with E-state index in [0.717, 1.165) is 29.4 Å². The molecule has 1 heterocycles. The fourth-order valence-electron chi connectivity index (χ4n) is 1.94. The molecule has 5 heteroatoms. The lowest BCUT2D eigenvalue weighted by atomic mass is 10.0. The lowest BCUT2D eigenvalue weighted by molar-refractivity contribution is 0.0555. The third-order valence-corrected chi connectivity index (χ3v) is 4.40. The molecule has 0 radical (unpaired) electrons. The van der Waals surface area contributed by atoms with Crippen LogP contribution in [0.2, 0.25) is 0 Å². The van der Waals surface area contributed by atoms with Crippen molar-refractivity contribution in [1.82, 2.24) is 10.3 Å². The highest BCUT2D eigenvalue weighted by atomic mass is 32.1.